The van der Waals surface area contributed by atoms with Crippen LogP contribution < -0.4 is 4.74 Å². The molecule has 0 radical (unpaired) electrons. The van der Waals surface area contributed by atoms with Crippen LogP contribution in [0.3, 0.4) is 0 Å². The predicted octanol–water partition coefficient (Wildman–Crippen LogP) is 3.46. The first-order chi connectivity index (χ1) is 7.70. The Morgan fingerprint density at radius 3 is 2.81 bits per heavy atom. The summed E-state index contributed by atoms with van der Waals surface area (Å²) >= 11 is 0. The minimum Gasteiger partial charge on any atom is -0.427 e. The molecule has 0 saturated heterocycles. The van der Waals surface area contributed by atoms with Gasteiger partial charge >= 0.3 is 5.97 Å². The zero-order valence-corrected chi connectivity index (χ0v) is 9.49. The number of carbonyl (C=O) groups excluding carboxylic acids is 1. The second-order valence-corrected chi connectivity index (χ2v) is 3.79. The van der Waals surface area contributed by atoms with Crippen molar-refractivity contribution < 1.29 is 9.53 Å². The van der Waals surface area contributed by atoms with Crippen molar-refractivity contribution in [1.82, 2.24) is 0 Å². The summed E-state index contributed by atoms with van der Waals surface area (Å²) in [5.41, 5.74) is 1.23. The van der Waals surface area contributed by atoms with Crippen molar-refractivity contribution in [3.05, 3.63) is 42.0 Å². The Kier molecular flexibility index (Phi) is 2.91. The standard InChI is InChI=1S/C14H14O2/c1-3-14(15)16-12-7-8-13-10(2)5-4-6-11(13)9-12/h4-9H,3H2,1-2H3. The number of fused-ring (bicyclic) bond motifs is 1. The van der Waals surface area contributed by atoms with E-state index in [0.29, 0.717) is 12.2 Å². The van der Waals surface area contributed by atoms with E-state index in [-0.39, 0.29) is 5.97 Å². The van der Waals surface area contributed by atoms with Gasteiger partial charge in [0.15, 0.2) is 0 Å². The molecule has 0 unspecified atom stereocenters. The lowest BCUT2D eigenvalue weighted by molar-refractivity contribution is -0.134. The van der Waals surface area contributed by atoms with Crippen LogP contribution in [0.1, 0.15) is 18.9 Å². The molecule has 2 aromatic carbocycles. The van der Waals surface area contributed by atoms with Crippen molar-refractivity contribution in [3.8, 4) is 5.75 Å². The number of hydrogen-bond acceptors (Lipinski definition) is 2. The monoisotopic (exact) mass is 214 g/mol. The fourth-order valence-electron chi connectivity index (χ4n) is 1.69. The lowest BCUT2D eigenvalue weighted by Crippen LogP contribution is -2.05. The topological polar surface area (TPSA) is 26.3 Å². The molecule has 0 heterocycles. The van der Waals surface area contributed by atoms with Crippen LogP contribution in [0.15, 0.2) is 36.4 Å². The van der Waals surface area contributed by atoms with E-state index in [1.54, 1.807) is 6.92 Å². The van der Waals surface area contributed by atoms with E-state index >= 15 is 0 Å². The molecule has 2 nitrogen and oxygen atoms in total. The Balaban J connectivity index is 2.41. The van der Waals surface area contributed by atoms with Crippen LogP contribution >= 0.6 is 0 Å². The molecule has 0 aliphatic rings. The van der Waals surface area contributed by atoms with Gasteiger partial charge in [-0.2, -0.15) is 0 Å². The Hall–Kier alpha value is -1.83. The molecule has 0 N–H and O–H groups in total. The zero-order valence-electron chi connectivity index (χ0n) is 9.49. The van der Waals surface area contributed by atoms with Gasteiger partial charge in [0, 0.05) is 6.42 Å². The molecule has 0 aliphatic carbocycles. The highest BCUT2D eigenvalue weighted by Crippen LogP contribution is 2.23. The number of hydrogen-bond donors (Lipinski definition) is 0. The molecule has 0 amide bonds. The van der Waals surface area contributed by atoms with Gasteiger partial charge in [-0.3, -0.25) is 4.79 Å². The summed E-state index contributed by atoms with van der Waals surface area (Å²) in [6.45, 7) is 3.85. The van der Waals surface area contributed by atoms with Gasteiger partial charge in [0.2, 0.25) is 0 Å². The van der Waals surface area contributed by atoms with Crippen LogP contribution in [0.25, 0.3) is 10.8 Å². The highest BCUT2D eigenvalue weighted by atomic mass is 16.5. The molecule has 0 spiro atoms. The maximum Gasteiger partial charge on any atom is 0.310 e. The predicted molar refractivity (Wildman–Crippen MR) is 64.6 cm³/mol. The van der Waals surface area contributed by atoms with E-state index in [9.17, 15) is 4.79 Å². The van der Waals surface area contributed by atoms with Gasteiger partial charge in [-0.15, -0.1) is 0 Å². The molecular formula is C14H14O2. The summed E-state index contributed by atoms with van der Waals surface area (Å²) in [6, 6.07) is 11.8. The minimum atomic E-state index is -0.202. The van der Waals surface area contributed by atoms with Gasteiger partial charge in [0.25, 0.3) is 0 Å². The first-order valence-electron chi connectivity index (χ1n) is 5.41. The molecule has 2 rings (SSSR count). The van der Waals surface area contributed by atoms with Gasteiger partial charge < -0.3 is 4.74 Å². The van der Waals surface area contributed by atoms with E-state index in [1.807, 2.05) is 30.3 Å². The van der Waals surface area contributed by atoms with Crippen molar-refractivity contribution in [1.29, 1.82) is 0 Å². The Bertz CT molecular complexity index is 529. The van der Waals surface area contributed by atoms with Crippen LogP contribution in [0.4, 0.5) is 0 Å². The number of rotatable bonds is 2. The molecule has 0 aliphatic heterocycles. The quantitative estimate of drug-likeness (QED) is 0.565. The number of esters is 1. The number of carbonyl (C=O) groups is 1. The fourth-order valence-corrected chi connectivity index (χ4v) is 1.69. The summed E-state index contributed by atoms with van der Waals surface area (Å²) in [6.07, 6.45) is 0.395. The second kappa shape index (κ2) is 4.35. The molecule has 16 heavy (non-hydrogen) atoms. The summed E-state index contributed by atoms with van der Waals surface area (Å²) < 4.78 is 5.17. The summed E-state index contributed by atoms with van der Waals surface area (Å²) in [7, 11) is 0. The van der Waals surface area contributed by atoms with Gasteiger partial charge in [-0.05, 0) is 35.4 Å². The largest absolute Gasteiger partial charge is 0.427 e. The average Bonchev–Trinajstić information content (AvgIpc) is 2.29. The van der Waals surface area contributed by atoms with Crippen molar-refractivity contribution in [2.45, 2.75) is 20.3 Å². The third-order valence-electron chi connectivity index (χ3n) is 2.59. The van der Waals surface area contributed by atoms with Crippen LogP contribution in [-0.4, -0.2) is 5.97 Å². The van der Waals surface area contributed by atoms with E-state index < -0.39 is 0 Å². The second-order valence-electron chi connectivity index (χ2n) is 3.79. The zero-order chi connectivity index (χ0) is 11.5. The number of aryl methyl sites for hydroxylation is 1. The average molecular weight is 214 g/mol. The molecule has 0 fully saturated rings. The van der Waals surface area contributed by atoms with Crippen molar-refractivity contribution in [2.24, 2.45) is 0 Å². The highest BCUT2D eigenvalue weighted by molar-refractivity contribution is 5.87. The first kappa shape index (κ1) is 10.7. The molecule has 0 bridgehead atoms. The number of ether oxygens (including phenoxy) is 1. The highest BCUT2D eigenvalue weighted by Gasteiger charge is 2.03. The smallest absolute Gasteiger partial charge is 0.310 e. The third-order valence-corrected chi connectivity index (χ3v) is 2.59. The lowest BCUT2D eigenvalue weighted by Gasteiger charge is -2.05. The lowest BCUT2D eigenvalue weighted by atomic mass is 10.1. The van der Waals surface area contributed by atoms with E-state index in [2.05, 4.69) is 13.0 Å². The van der Waals surface area contributed by atoms with Crippen LogP contribution in [0.2, 0.25) is 0 Å². The normalized spacial score (nSPS) is 10.4. The van der Waals surface area contributed by atoms with Gasteiger partial charge in [-0.1, -0.05) is 31.2 Å². The molecular weight excluding hydrogens is 200 g/mol. The Labute approximate surface area is 94.8 Å². The number of benzene rings is 2. The van der Waals surface area contributed by atoms with Crippen molar-refractivity contribution in [3.63, 3.8) is 0 Å². The molecule has 2 heteroatoms. The molecule has 82 valence electrons. The Morgan fingerprint density at radius 1 is 1.25 bits per heavy atom. The summed E-state index contributed by atoms with van der Waals surface area (Å²) in [5, 5.41) is 2.29. The van der Waals surface area contributed by atoms with Gasteiger partial charge in [0.05, 0.1) is 0 Å². The van der Waals surface area contributed by atoms with Crippen LogP contribution in [0.5, 0.6) is 5.75 Å². The third kappa shape index (κ3) is 2.06. The first-order valence-corrected chi connectivity index (χ1v) is 5.41. The van der Waals surface area contributed by atoms with E-state index in [1.165, 1.54) is 10.9 Å². The summed E-state index contributed by atoms with van der Waals surface area (Å²) in [4.78, 5) is 11.2. The van der Waals surface area contributed by atoms with Gasteiger partial charge in [-0.25, -0.2) is 0 Å². The fraction of sp³-hybridized carbons (Fsp3) is 0.214. The Morgan fingerprint density at radius 2 is 2.06 bits per heavy atom. The molecule has 0 aromatic heterocycles. The van der Waals surface area contributed by atoms with Crippen LogP contribution in [-0.2, 0) is 4.79 Å². The van der Waals surface area contributed by atoms with Crippen molar-refractivity contribution in [2.75, 3.05) is 0 Å². The maximum absolute atomic E-state index is 11.2. The van der Waals surface area contributed by atoms with Crippen molar-refractivity contribution >= 4 is 16.7 Å². The van der Waals surface area contributed by atoms with E-state index in [4.69, 9.17) is 4.74 Å². The maximum atomic E-state index is 11.2. The molecule has 0 saturated carbocycles. The van der Waals surface area contributed by atoms with Gasteiger partial charge in [0.1, 0.15) is 5.75 Å². The molecule has 0 atom stereocenters. The van der Waals surface area contributed by atoms with E-state index in [0.717, 1.165) is 5.39 Å². The summed E-state index contributed by atoms with van der Waals surface area (Å²) in [5.74, 6) is 0.414. The SMILES string of the molecule is CCC(=O)Oc1ccc2c(C)cccc2c1. The van der Waals surface area contributed by atoms with Crippen LogP contribution in [0, 0.1) is 6.92 Å². The minimum absolute atomic E-state index is 0.202. The molecule has 2 aromatic rings.